The van der Waals surface area contributed by atoms with Crippen LogP contribution in [0, 0.1) is 0 Å². The summed E-state index contributed by atoms with van der Waals surface area (Å²) in [4.78, 5) is 28.1. The fraction of sp³-hybridized carbons (Fsp3) is 0.529. The molecule has 3 rings (SSSR count). The zero-order valence-electron chi connectivity index (χ0n) is 13.9. The van der Waals surface area contributed by atoms with Crippen LogP contribution in [0.15, 0.2) is 18.2 Å². The number of rotatable bonds is 4. The van der Waals surface area contributed by atoms with E-state index in [1.54, 1.807) is 30.1 Å². The largest absolute Gasteiger partial charge is 0.491 e. The molecular formula is C17H23N3O4. The Kier molecular flexibility index (Phi) is 5.32. The van der Waals surface area contributed by atoms with Crippen LogP contribution in [-0.2, 0) is 9.53 Å². The van der Waals surface area contributed by atoms with E-state index in [0.29, 0.717) is 36.6 Å². The summed E-state index contributed by atoms with van der Waals surface area (Å²) in [5, 5.41) is 2.93. The highest BCUT2D eigenvalue weighted by molar-refractivity contribution is 5.99. The highest BCUT2D eigenvalue weighted by atomic mass is 16.5. The Morgan fingerprint density at radius 2 is 2.04 bits per heavy atom. The Bertz CT molecular complexity index is 614. The molecule has 1 aromatic carbocycles. The summed E-state index contributed by atoms with van der Waals surface area (Å²) in [5.41, 5.74) is 1.17. The highest BCUT2D eigenvalue weighted by Crippen LogP contribution is 2.31. The van der Waals surface area contributed by atoms with Crippen molar-refractivity contribution < 1.29 is 19.1 Å². The second-order valence-corrected chi connectivity index (χ2v) is 5.94. The van der Waals surface area contributed by atoms with Crippen molar-refractivity contribution in [3.63, 3.8) is 0 Å². The average Bonchev–Trinajstić information content (AvgIpc) is 2.75. The number of nitrogens with one attached hydrogen (secondary N) is 1. The van der Waals surface area contributed by atoms with Gasteiger partial charge in [0.25, 0.3) is 5.91 Å². The molecule has 0 aliphatic carbocycles. The van der Waals surface area contributed by atoms with Gasteiger partial charge in [-0.1, -0.05) is 0 Å². The summed E-state index contributed by atoms with van der Waals surface area (Å²) < 4.78 is 10.9. The highest BCUT2D eigenvalue weighted by Gasteiger charge is 2.21. The van der Waals surface area contributed by atoms with Crippen LogP contribution in [0.1, 0.15) is 16.8 Å². The van der Waals surface area contributed by atoms with Crippen LogP contribution in [0.25, 0.3) is 0 Å². The lowest BCUT2D eigenvalue weighted by Crippen LogP contribution is -2.41. The molecule has 0 bridgehead atoms. The molecule has 1 aromatic rings. The molecule has 2 aliphatic heterocycles. The van der Waals surface area contributed by atoms with Gasteiger partial charge in [0.15, 0.2) is 0 Å². The first-order chi connectivity index (χ1) is 11.6. The molecule has 1 N–H and O–H groups in total. The minimum absolute atomic E-state index is 0.0152. The molecule has 2 amide bonds. The number of carbonyl (C=O) groups excluding carboxylic acids is 2. The van der Waals surface area contributed by atoms with Crippen molar-refractivity contribution in [2.45, 2.75) is 6.42 Å². The Hall–Kier alpha value is -2.12. The van der Waals surface area contributed by atoms with Gasteiger partial charge in [-0.25, -0.2) is 0 Å². The van der Waals surface area contributed by atoms with Gasteiger partial charge in [-0.2, -0.15) is 0 Å². The van der Waals surface area contributed by atoms with Crippen molar-refractivity contribution in [3.05, 3.63) is 23.8 Å². The van der Waals surface area contributed by atoms with Gasteiger partial charge in [0.2, 0.25) is 5.91 Å². The zero-order valence-corrected chi connectivity index (χ0v) is 13.9. The van der Waals surface area contributed by atoms with Gasteiger partial charge < -0.3 is 19.7 Å². The lowest BCUT2D eigenvalue weighted by atomic mass is 10.1. The topological polar surface area (TPSA) is 71.1 Å². The fourth-order valence-corrected chi connectivity index (χ4v) is 2.85. The number of fused-ring (bicyclic) bond motifs is 1. The molecule has 1 fully saturated rings. The molecule has 7 nitrogen and oxygen atoms in total. The molecule has 24 heavy (non-hydrogen) atoms. The van der Waals surface area contributed by atoms with Crippen molar-refractivity contribution in [3.8, 4) is 5.75 Å². The normalized spacial score (nSPS) is 18.5. The molecule has 2 aliphatic rings. The Balaban J connectivity index is 1.60. The monoisotopic (exact) mass is 333 g/mol. The van der Waals surface area contributed by atoms with Crippen LogP contribution in [-0.4, -0.2) is 69.8 Å². The van der Waals surface area contributed by atoms with Gasteiger partial charge in [-0.15, -0.1) is 0 Å². The third-order valence-electron chi connectivity index (χ3n) is 4.35. The number of nitrogens with zero attached hydrogens (tertiary/aromatic N) is 2. The number of carbonyl (C=O) groups is 2. The Labute approximate surface area is 141 Å². The van der Waals surface area contributed by atoms with Gasteiger partial charge >= 0.3 is 0 Å². The van der Waals surface area contributed by atoms with Crippen molar-refractivity contribution in [1.82, 2.24) is 10.2 Å². The van der Waals surface area contributed by atoms with E-state index in [1.165, 1.54) is 0 Å². The van der Waals surface area contributed by atoms with Crippen molar-refractivity contribution in [1.29, 1.82) is 0 Å². The zero-order chi connectivity index (χ0) is 16.9. The number of benzene rings is 1. The second-order valence-electron chi connectivity index (χ2n) is 5.94. The first-order valence-corrected chi connectivity index (χ1v) is 8.27. The summed E-state index contributed by atoms with van der Waals surface area (Å²) in [6.45, 7) is 5.06. The van der Waals surface area contributed by atoms with Gasteiger partial charge in [0.05, 0.1) is 31.9 Å². The number of hydrogen-bond donors (Lipinski definition) is 1. The number of anilines is 1. The summed E-state index contributed by atoms with van der Waals surface area (Å²) in [6.07, 6.45) is 0.340. The van der Waals surface area contributed by atoms with Crippen molar-refractivity contribution in [2.24, 2.45) is 0 Å². The van der Waals surface area contributed by atoms with E-state index in [4.69, 9.17) is 9.47 Å². The van der Waals surface area contributed by atoms with E-state index >= 15 is 0 Å². The molecule has 1 saturated heterocycles. The van der Waals surface area contributed by atoms with Crippen LogP contribution in [0.4, 0.5) is 5.69 Å². The minimum atomic E-state index is -0.142. The quantitative estimate of drug-likeness (QED) is 0.868. The predicted octanol–water partition coefficient (Wildman–Crippen LogP) is 0.494. The summed E-state index contributed by atoms with van der Waals surface area (Å²) in [7, 11) is 1.70. The lowest BCUT2D eigenvalue weighted by molar-refractivity contribution is -0.118. The third-order valence-corrected chi connectivity index (χ3v) is 4.35. The predicted molar refractivity (Wildman–Crippen MR) is 89.6 cm³/mol. The second kappa shape index (κ2) is 7.63. The molecule has 2 heterocycles. The van der Waals surface area contributed by atoms with E-state index in [1.807, 2.05) is 0 Å². The summed E-state index contributed by atoms with van der Waals surface area (Å²) >= 11 is 0. The maximum Gasteiger partial charge on any atom is 0.251 e. The molecule has 0 spiro atoms. The lowest BCUT2D eigenvalue weighted by Gasteiger charge is -2.26. The summed E-state index contributed by atoms with van der Waals surface area (Å²) in [6, 6.07) is 5.19. The van der Waals surface area contributed by atoms with Crippen LogP contribution in [0.2, 0.25) is 0 Å². The molecule has 0 saturated carbocycles. The van der Waals surface area contributed by atoms with E-state index in [9.17, 15) is 9.59 Å². The van der Waals surface area contributed by atoms with Crippen LogP contribution < -0.4 is 15.0 Å². The molecule has 0 unspecified atom stereocenters. The summed E-state index contributed by atoms with van der Waals surface area (Å²) in [5.74, 6) is 0.475. The maximum absolute atomic E-state index is 12.3. The number of morpholine rings is 1. The minimum Gasteiger partial charge on any atom is -0.491 e. The fourth-order valence-electron chi connectivity index (χ4n) is 2.85. The van der Waals surface area contributed by atoms with E-state index in [0.717, 1.165) is 32.8 Å². The van der Waals surface area contributed by atoms with E-state index in [2.05, 4.69) is 10.2 Å². The van der Waals surface area contributed by atoms with E-state index < -0.39 is 0 Å². The van der Waals surface area contributed by atoms with Crippen LogP contribution in [0.5, 0.6) is 5.75 Å². The van der Waals surface area contributed by atoms with Gasteiger partial charge in [0, 0.05) is 38.8 Å². The molecule has 130 valence electrons. The van der Waals surface area contributed by atoms with Gasteiger partial charge in [-0.3, -0.25) is 14.5 Å². The number of hydrogen-bond acceptors (Lipinski definition) is 5. The standard InChI is InChI=1S/C17H23N3O4/c1-19-14-12-13(2-3-15(14)24-9-4-16(19)21)17(22)18-5-6-20-7-10-23-11-8-20/h2-3,12H,4-11H2,1H3,(H,18,22). The third kappa shape index (κ3) is 3.85. The molecule has 0 radical (unpaired) electrons. The SMILES string of the molecule is CN1C(=O)CCOc2ccc(C(=O)NCCN3CCOCC3)cc21. The first kappa shape index (κ1) is 16.7. The van der Waals surface area contributed by atoms with Crippen LogP contribution in [0.3, 0.4) is 0 Å². The van der Waals surface area contributed by atoms with Gasteiger partial charge in [-0.05, 0) is 18.2 Å². The average molecular weight is 333 g/mol. The van der Waals surface area contributed by atoms with E-state index in [-0.39, 0.29) is 11.8 Å². The molecular weight excluding hydrogens is 310 g/mol. The first-order valence-electron chi connectivity index (χ1n) is 8.27. The van der Waals surface area contributed by atoms with Gasteiger partial charge in [0.1, 0.15) is 5.75 Å². The number of amides is 2. The molecule has 7 heteroatoms. The molecule has 0 atom stereocenters. The molecule has 0 aromatic heterocycles. The van der Waals surface area contributed by atoms with Crippen molar-refractivity contribution >= 4 is 17.5 Å². The maximum atomic E-state index is 12.3. The van der Waals surface area contributed by atoms with Crippen molar-refractivity contribution in [2.75, 3.05) is 57.9 Å². The number of ether oxygens (including phenoxy) is 2. The Morgan fingerprint density at radius 1 is 1.25 bits per heavy atom. The Morgan fingerprint density at radius 3 is 2.83 bits per heavy atom. The van der Waals surface area contributed by atoms with Crippen LogP contribution >= 0.6 is 0 Å². The smallest absolute Gasteiger partial charge is 0.251 e.